The average molecular weight is 297 g/mol. The number of nitrogens with one attached hydrogen (secondary N) is 1. The van der Waals surface area contributed by atoms with Crippen LogP contribution in [0.15, 0.2) is 29.4 Å². The van der Waals surface area contributed by atoms with Crippen LogP contribution in [-0.4, -0.2) is 43.9 Å². The normalized spacial score (nSPS) is 17.5. The summed E-state index contributed by atoms with van der Waals surface area (Å²) in [7, 11) is -3.41. The lowest BCUT2D eigenvalue weighted by Gasteiger charge is -2.29. The van der Waals surface area contributed by atoms with Crippen LogP contribution in [-0.2, 0) is 10.0 Å². The zero-order chi connectivity index (χ0) is 14.4. The molecule has 5 nitrogen and oxygen atoms in total. The largest absolute Gasteiger partial charge is 0.317 e. The first-order chi connectivity index (χ1) is 9.64. The van der Waals surface area contributed by atoms with Gasteiger partial charge in [0.1, 0.15) is 4.90 Å². The summed E-state index contributed by atoms with van der Waals surface area (Å²) in [6.07, 6.45) is 5.94. The minimum absolute atomic E-state index is 0.294. The van der Waals surface area contributed by atoms with E-state index in [2.05, 4.69) is 10.3 Å². The molecule has 112 valence electrons. The van der Waals surface area contributed by atoms with Gasteiger partial charge in [0.25, 0.3) is 0 Å². The molecule has 0 saturated carbocycles. The van der Waals surface area contributed by atoms with Crippen molar-refractivity contribution in [3.05, 3.63) is 24.5 Å². The van der Waals surface area contributed by atoms with E-state index in [1.54, 1.807) is 22.6 Å². The predicted octanol–water partition coefficient (Wildman–Crippen LogP) is 1.48. The third-order valence-electron chi connectivity index (χ3n) is 3.67. The highest BCUT2D eigenvalue weighted by molar-refractivity contribution is 7.89. The van der Waals surface area contributed by atoms with Gasteiger partial charge in [-0.25, -0.2) is 8.42 Å². The molecule has 0 unspecified atom stereocenters. The summed E-state index contributed by atoms with van der Waals surface area (Å²) in [5, 5.41) is 3.31. The van der Waals surface area contributed by atoms with E-state index < -0.39 is 10.0 Å². The van der Waals surface area contributed by atoms with Crippen molar-refractivity contribution in [1.82, 2.24) is 14.6 Å². The van der Waals surface area contributed by atoms with Crippen LogP contribution in [0.4, 0.5) is 0 Å². The van der Waals surface area contributed by atoms with Gasteiger partial charge >= 0.3 is 0 Å². The Labute approximate surface area is 121 Å². The smallest absolute Gasteiger partial charge is 0.244 e. The van der Waals surface area contributed by atoms with Crippen LogP contribution in [0, 0.1) is 5.92 Å². The fraction of sp³-hybridized carbons (Fsp3) is 0.643. The lowest BCUT2D eigenvalue weighted by molar-refractivity contribution is 0.288. The average Bonchev–Trinajstić information content (AvgIpc) is 2.49. The predicted molar refractivity (Wildman–Crippen MR) is 78.9 cm³/mol. The lowest BCUT2D eigenvalue weighted by Crippen LogP contribution is -2.39. The highest BCUT2D eigenvalue weighted by Crippen LogP contribution is 2.20. The molecule has 0 bridgehead atoms. The Kier molecular flexibility index (Phi) is 5.51. The molecule has 2 heterocycles. The summed E-state index contributed by atoms with van der Waals surface area (Å²) >= 11 is 0. The molecule has 1 saturated heterocycles. The second kappa shape index (κ2) is 7.15. The van der Waals surface area contributed by atoms with Gasteiger partial charge < -0.3 is 5.32 Å². The molecule has 2 rings (SSSR count). The highest BCUT2D eigenvalue weighted by atomic mass is 32.2. The van der Waals surface area contributed by atoms with Crippen molar-refractivity contribution >= 4 is 10.0 Å². The van der Waals surface area contributed by atoms with E-state index in [1.807, 2.05) is 6.92 Å². The number of sulfonamides is 1. The number of hydrogen-bond acceptors (Lipinski definition) is 4. The molecule has 1 aliphatic rings. The lowest BCUT2D eigenvalue weighted by atomic mass is 9.98. The Morgan fingerprint density at radius 1 is 1.40 bits per heavy atom. The van der Waals surface area contributed by atoms with Crippen molar-refractivity contribution in [2.24, 2.45) is 5.92 Å². The van der Waals surface area contributed by atoms with Crippen molar-refractivity contribution in [3.63, 3.8) is 0 Å². The van der Waals surface area contributed by atoms with Gasteiger partial charge in [0.05, 0.1) is 0 Å². The maximum atomic E-state index is 12.7. The Morgan fingerprint density at radius 3 is 2.75 bits per heavy atom. The molecule has 0 aliphatic carbocycles. The molecule has 0 aromatic carbocycles. The van der Waals surface area contributed by atoms with Gasteiger partial charge in [0.2, 0.25) is 10.0 Å². The Morgan fingerprint density at radius 2 is 2.15 bits per heavy atom. The third kappa shape index (κ3) is 3.77. The summed E-state index contributed by atoms with van der Waals surface area (Å²) in [5.74, 6) is 0.453. The number of pyridine rings is 1. The topological polar surface area (TPSA) is 62.3 Å². The Balaban J connectivity index is 2.14. The van der Waals surface area contributed by atoms with Gasteiger partial charge in [-0.1, -0.05) is 6.92 Å². The van der Waals surface area contributed by atoms with Gasteiger partial charge in [-0.2, -0.15) is 4.31 Å². The van der Waals surface area contributed by atoms with E-state index in [-0.39, 0.29) is 0 Å². The third-order valence-corrected chi connectivity index (χ3v) is 5.51. The summed E-state index contributed by atoms with van der Waals surface area (Å²) in [6.45, 7) is 5.16. The van der Waals surface area contributed by atoms with Gasteiger partial charge in [-0.3, -0.25) is 4.98 Å². The summed E-state index contributed by atoms with van der Waals surface area (Å²) in [6, 6.07) is 3.29. The minimum Gasteiger partial charge on any atom is -0.317 e. The van der Waals surface area contributed by atoms with Gasteiger partial charge in [0.15, 0.2) is 0 Å². The molecule has 0 radical (unpaired) electrons. The summed E-state index contributed by atoms with van der Waals surface area (Å²) < 4.78 is 27.0. The van der Waals surface area contributed by atoms with Crippen molar-refractivity contribution in [2.75, 3.05) is 26.2 Å². The molecule has 1 aliphatic heterocycles. The van der Waals surface area contributed by atoms with Crippen LogP contribution < -0.4 is 5.32 Å². The van der Waals surface area contributed by atoms with Crippen LogP contribution in [0.3, 0.4) is 0 Å². The molecular formula is C14H23N3O2S. The van der Waals surface area contributed by atoms with Crippen molar-refractivity contribution in [3.8, 4) is 0 Å². The number of hydrogen-bond donors (Lipinski definition) is 1. The molecular weight excluding hydrogens is 274 g/mol. The second-order valence-corrected chi connectivity index (χ2v) is 7.18. The zero-order valence-electron chi connectivity index (χ0n) is 12.0. The van der Waals surface area contributed by atoms with E-state index in [1.165, 1.54) is 6.20 Å². The second-order valence-electron chi connectivity index (χ2n) is 5.25. The van der Waals surface area contributed by atoms with Gasteiger partial charge in [-0.15, -0.1) is 0 Å². The monoisotopic (exact) mass is 297 g/mol. The molecule has 20 heavy (non-hydrogen) atoms. The molecule has 0 amide bonds. The van der Waals surface area contributed by atoms with Crippen molar-refractivity contribution < 1.29 is 8.42 Å². The number of rotatable bonds is 6. The van der Waals surface area contributed by atoms with E-state index in [4.69, 9.17) is 0 Å². The summed E-state index contributed by atoms with van der Waals surface area (Å²) in [4.78, 5) is 4.22. The van der Waals surface area contributed by atoms with Gasteiger partial charge in [0, 0.05) is 25.5 Å². The van der Waals surface area contributed by atoms with Crippen LogP contribution in [0.5, 0.6) is 0 Å². The standard InChI is InChI=1S/C14H23N3O2S/c1-2-10-17(12-13-5-8-15-9-6-13)20(18,19)14-4-3-7-16-11-14/h3-4,7,11,13,15H,2,5-6,8-10,12H2,1H3. The minimum atomic E-state index is -3.41. The molecule has 1 aromatic heterocycles. The highest BCUT2D eigenvalue weighted by Gasteiger charge is 2.27. The quantitative estimate of drug-likeness (QED) is 0.864. The van der Waals surface area contributed by atoms with Crippen LogP contribution >= 0.6 is 0 Å². The molecule has 1 aromatic rings. The first-order valence-corrected chi connectivity index (χ1v) is 8.69. The molecule has 0 spiro atoms. The van der Waals surface area contributed by atoms with Crippen molar-refractivity contribution in [1.29, 1.82) is 0 Å². The maximum absolute atomic E-state index is 12.7. The fourth-order valence-corrected chi connectivity index (χ4v) is 4.13. The first kappa shape index (κ1) is 15.4. The van der Waals surface area contributed by atoms with E-state index >= 15 is 0 Å². The van der Waals surface area contributed by atoms with Crippen molar-refractivity contribution in [2.45, 2.75) is 31.1 Å². The Bertz CT molecular complexity index is 498. The number of piperidine rings is 1. The van der Waals surface area contributed by atoms with Crippen LogP contribution in [0.2, 0.25) is 0 Å². The van der Waals surface area contributed by atoms with E-state index in [9.17, 15) is 8.42 Å². The SMILES string of the molecule is CCCN(CC1CCNCC1)S(=O)(=O)c1cccnc1. The molecule has 0 atom stereocenters. The maximum Gasteiger partial charge on any atom is 0.244 e. The molecule has 1 fully saturated rings. The van der Waals surface area contributed by atoms with E-state index in [0.29, 0.717) is 23.9 Å². The van der Waals surface area contributed by atoms with E-state index in [0.717, 1.165) is 32.4 Å². The van der Waals surface area contributed by atoms with Crippen LogP contribution in [0.1, 0.15) is 26.2 Å². The van der Waals surface area contributed by atoms with Gasteiger partial charge in [-0.05, 0) is 50.4 Å². The fourth-order valence-electron chi connectivity index (χ4n) is 2.56. The Hall–Kier alpha value is -0.980. The first-order valence-electron chi connectivity index (χ1n) is 7.25. The molecule has 1 N–H and O–H groups in total. The summed E-state index contributed by atoms with van der Waals surface area (Å²) in [5.41, 5.74) is 0. The molecule has 6 heteroatoms. The number of nitrogens with zero attached hydrogens (tertiary/aromatic N) is 2. The van der Waals surface area contributed by atoms with Crippen LogP contribution in [0.25, 0.3) is 0 Å². The zero-order valence-corrected chi connectivity index (χ0v) is 12.8. The number of aromatic nitrogens is 1.